The standard InChI is InChI=1S/C11H19BrN4OS2/c1-17-3-2-16-11(8(12)6-14-16)10(15-13)9-7-18-4-5-19-9/h6,9-10,15H,2-5,7,13H2,1H3. The highest BCUT2D eigenvalue weighted by molar-refractivity contribution is 9.10. The molecule has 1 aliphatic heterocycles. The van der Waals surface area contributed by atoms with Gasteiger partial charge in [-0.05, 0) is 15.9 Å². The molecule has 0 radical (unpaired) electrons. The molecule has 1 saturated heterocycles. The Kier molecular flexibility index (Phi) is 6.51. The van der Waals surface area contributed by atoms with Crippen LogP contribution in [0.4, 0.5) is 0 Å². The number of nitrogens with zero attached hydrogens (tertiary/aromatic N) is 2. The van der Waals surface area contributed by atoms with E-state index >= 15 is 0 Å². The number of hydrogen-bond acceptors (Lipinski definition) is 6. The Morgan fingerprint density at radius 2 is 2.53 bits per heavy atom. The zero-order chi connectivity index (χ0) is 13.7. The van der Waals surface area contributed by atoms with Crippen LogP contribution in [0.3, 0.4) is 0 Å². The average Bonchev–Trinajstić information content (AvgIpc) is 2.80. The first-order valence-corrected chi connectivity index (χ1v) is 9.13. The summed E-state index contributed by atoms with van der Waals surface area (Å²) in [5.41, 5.74) is 4.08. The lowest BCUT2D eigenvalue weighted by atomic mass is 10.1. The summed E-state index contributed by atoms with van der Waals surface area (Å²) in [5, 5.41) is 4.87. The van der Waals surface area contributed by atoms with E-state index in [-0.39, 0.29) is 6.04 Å². The minimum absolute atomic E-state index is 0.103. The molecule has 2 heterocycles. The SMILES string of the molecule is COCCn1ncc(Br)c1C(NN)C1CSCCS1. The van der Waals surface area contributed by atoms with Gasteiger partial charge < -0.3 is 4.74 Å². The normalized spacial score (nSPS) is 21.5. The molecule has 5 nitrogen and oxygen atoms in total. The van der Waals surface area contributed by atoms with Crippen molar-refractivity contribution in [2.45, 2.75) is 17.8 Å². The van der Waals surface area contributed by atoms with Crippen LogP contribution in [-0.2, 0) is 11.3 Å². The van der Waals surface area contributed by atoms with Gasteiger partial charge in [0.05, 0.1) is 35.6 Å². The second-order valence-electron chi connectivity index (χ2n) is 4.22. The van der Waals surface area contributed by atoms with Crippen molar-refractivity contribution in [2.24, 2.45) is 5.84 Å². The fourth-order valence-corrected chi connectivity index (χ4v) is 5.46. The van der Waals surface area contributed by atoms with Crippen LogP contribution >= 0.6 is 39.5 Å². The van der Waals surface area contributed by atoms with Gasteiger partial charge in [0, 0.05) is 29.6 Å². The third kappa shape index (κ3) is 3.89. The van der Waals surface area contributed by atoms with Crippen LogP contribution in [0.2, 0.25) is 0 Å². The summed E-state index contributed by atoms with van der Waals surface area (Å²) in [6.07, 6.45) is 1.83. The van der Waals surface area contributed by atoms with Crippen LogP contribution in [0, 0.1) is 0 Å². The molecule has 2 rings (SSSR count). The van der Waals surface area contributed by atoms with E-state index in [2.05, 4.69) is 26.5 Å². The van der Waals surface area contributed by atoms with E-state index in [1.54, 1.807) is 7.11 Å². The lowest BCUT2D eigenvalue weighted by molar-refractivity contribution is 0.181. The van der Waals surface area contributed by atoms with E-state index in [1.165, 1.54) is 11.5 Å². The lowest BCUT2D eigenvalue weighted by Gasteiger charge is -2.29. The van der Waals surface area contributed by atoms with Crippen LogP contribution in [0.25, 0.3) is 0 Å². The third-order valence-corrected chi connectivity index (χ3v) is 6.50. The van der Waals surface area contributed by atoms with E-state index in [0.29, 0.717) is 11.9 Å². The maximum Gasteiger partial charge on any atom is 0.0766 e. The number of nitrogens with two attached hydrogens (primary N) is 1. The van der Waals surface area contributed by atoms with Crippen molar-refractivity contribution < 1.29 is 4.74 Å². The molecule has 0 aromatic carbocycles. The zero-order valence-corrected chi connectivity index (χ0v) is 14.1. The van der Waals surface area contributed by atoms with Gasteiger partial charge in [-0.2, -0.15) is 28.6 Å². The van der Waals surface area contributed by atoms with Crippen molar-refractivity contribution in [3.8, 4) is 0 Å². The summed E-state index contributed by atoms with van der Waals surface area (Å²) in [4.78, 5) is 0. The second-order valence-corrected chi connectivity index (χ2v) is 7.57. The van der Waals surface area contributed by atoms with Gasteiger partial charge in [-0.15, -0.1) is 0 Å². The summed E-state index contributed by atoms with van der Waals surface area (Å²) >= 11 is 7.55. The number of methoxy groups -OCH3 is 1. The van der Waals surface area contributed by atoms with Gasteiger partial charge in [0.2, 0.25) is 0 Å². The quantitative estimate of drug-likeness (QED) is 0.589. The molecule has 2 unspecified atom stereocenters. The molecule has 0 amide bonds. The number of ether oxygens (including phenoxy) is 1. The number of rotatable bonds is 6. The first kappa shape index (κ1) is 15.7. The highest BCUT2D eigenvalue weighted by Crippen LogP contribution is 2.35. The monoisotopic (exact) mass is 366 g/mol. The molecule has 3 N–H and O–H groups in total. The van der Waals surface area contributed by atoms with Crippen molar-refractivity contribution >= 4 is 39.5 Å². The predicted molar refractivity (Wildman–Crippen MR) is 85.4 cm³/mol. The number of thioether (sulfide) groups is 2. The Morgan fingerprint density at radius 1 is 1.68 bits per heavy atom. The highest BCUT2D eigenvalue weighted by Gasteiger charge is 2.29. The predicted octanol–water partition coefficient (Wildman–Crippen LogP) is 1.64. The van der Waals surface area contributed by atoms with E-state index in [1.807, 2.05) is 34.4 Å². The first-order chi connectivity index (χ1) is 9.27. The van der Waals surface area contributed by atoms with Crippen molar-refractivity contribution in [3.05, 3.63) is 16.4 Å². The summed E-state index contributed by atoms with van der Waals surface area (Å²) < 4.78 is 8.10. The summed E-state index contributed by atoms with van der Waals surface area (Å²) in [7, 11) is 1.70. The van der Waals surface area contributed by atoms with Gasteiger partial charge in [-0.25, -0.2) is 0 Å². The molecule has 0 aliphatic carbocycles. The second kappa shape index (κ2) is 7.90. The minimum atomic E-state index is 0.103. The first-order valence-electron chi connectivity index (χ1n) is 6.13. The average molecular weight is 367 g/mol. The minimum Gasteiger partial charge on any atom is -0.383 e. The molecule has 8 heteroatoms. The molecule has 1 aromatic rings. The van der Waals surface area contributed by atoms with E-state index in [0.717, 1.165) is 22.5 Å². The molecule has 0 spiro atoms. The molecular weight excluding hydrogens is 348 g/mol. The van der Waals surface area contributed by atoms with Gasteiger partial charge in [-0.1, -0.05) is 0 Å². The molecule has 1 aromatic heterocycles. The van der Waals surface area contributed by atoms with Gasteiger partial charge in [0.15, 0.2) is 0 Å². The Bertz CT molecular complexity index is 398. The molecule has 1 aliphatic rings. The van der Waals surface area contributed by atoms with Crippen LogP contribution in [0.5, 0.6) is 0 Å². The number of hydrogen-bond donors (Lipinski definition) is 2. The number of halogens is 1. The number of hydrazine groups is 1. The molecule has 0 bridgehead atoms. The van der Waals surface area contributed by atoms with Gasteiger partial charge >= 0.3 is 0 Å². The van der Waals surface area contributed by atoms with Crippen LogP contribution in [-0.4, -0.2) is 46.0 Å². The maximum absolute atomic E-state index is 5.80. The Morgan fingerprint density at radius 3 is 3.16 bits per heavy atom. The number of aromatic nitrogens is 2. The van der Waals surface area contributed by atoms with Crippen LogP contribution in [0.15, 0.2) is 10.7 Å². The van der Waals surface area contributed by atoms with Crippen molar-refractivity contribution in [2.75, 3.05) is 31.0 Å². The maximum atomic E-state index is 5.80. The van der Waals surface area contributed by atoms with Crippen molar-refractivity contribution in [1.82, 2.24) is 15.2 Å². The van der Waals surface area contributed by atoms with E-state index < -0.39 is 0 Å². The zero-order valence-electron chi connectivity index (χ0n) is 10.8. The molecule has 2 atom stereocenters. The molecule has 19 heavy (non-hydrogen) atoms. The Labute approximate surface area is 130 Å². The van der Waals surface area contributed by atoms with Crippen LogP contribution < -0.4 is 11.3 Å². The largest absolute Gasteiger partial charge is 0.383 e. The van der Waals surface area contributed by atoms with Crippen LogP contribution in [0.1, 0.15) is 11.7 Å². The van der Waals surface area contributed by atoms with E-state index in [4.69, 9.17) is 10.6 Å². The molecule has 108 valence electrons. The highest BCUT2D eigenvalue weighted by atomic mass is 79.9. The smallest absolute Gasteiger partial charge is 0.0766 e. The fraction of sp³-hybridized carbons (Fsp3) is 0.727. The van der Waals surface area contributed by atoms with E-state index in [9.17, 15) is 0 Å². The third-order valence-electron chi connectivity index (χ3n) is 3.03. The molecular formula is C11H19BrN4OS2. The Balaban J connectivity index is 2.18. The lowest BCUT2D eigenvalue weighted by Crippen LogP contribution is -2.39. The van der Waals surface area contributed by atoms with Crippen molar-refractivity contribution in [3.63, 3.8) is 0 Å². The fourth-order valence-electron chi connectivity index (χ4n) is 2.10. The topological polar surface area (TPSA) is 65.1 Å². The summed E-state index contributed by atoms with van der Waals surface area (Å²) in [5.74, 6) is 9.31. The van der Waals surface area contributed by atoms with Gasteiger partial charge in [0.1, 0.15) is 0 Å². The van der Waals surface area contributed by atoms with Gasteiger partial charge in [0.25, 0.3) is 0 Å². The number of nitrogens with one attached hydrogen (secondary N) is 1. The molecule has 1 fully saturated rings. The summed E-state index contributed by atoms with van der Waals surface area (Å²) in [6.45, 7) is 1.38. The molecule has 0 saturated carbocycles. The van der Waals surface area contributed by atoms with Crippen molar-refractivity contribution in [1.29, 1.82) is 0 Å². The summed E-state index contributed by atoms with van der Waals surface area (Å²) in [6, 6.07) is 0.103. The van der Waals surface area contributed by atoms with Gasteiger partial charge in [-0.3, -0.25) is 16.0 Å². The Hall–Kier alpha value is 0.270.